The topological polar surface area (TPSA) is 61.5 Å². The van der Waals surface area contributed by atoms with Crippen molar-refractivity contribution in [3.63, 3.8) is 0 Å². The Labute approximate surface area is 119 Å². The van der Waals surface area contributed by atoms with Crippen LogP contribution in [0.4, 0.5) is 4.39 Å². The van der Waals surface area contributed by atoms with Gasteiger partial charge in [-0.2, -0.15) is 0 Å². The summed E-state index contributed by atoms with van der Waals surface area (Å²) in [6.07, 6.45) is 0.0909. The lowest BCUT2D eigenvalue weighted by Crippen LogP contribution is -2.26. The second-order valence-electron chi connectivity index (χ2n) is 5.61. The highest BCUT2D eigenvalue weighted by atomic mass is 19.1. The van der Waals surface area contributed by atoms with E-state index in [1.807, 2.05) is 0 Å². The van der Waals surface area contributed by atoms with Crippen LogP contribution in [0.3, 0.4) is 0 Å². The zero-order valence-corrected chi connectivity index (χ0v) is 12.4. The molecule has 1 atom stereocenters. The van der Waals surface area contributed by atoms with Gasteiger partial charge in [0.15, 0.2) is 0 Å². The molecule has 1 aromatic carbocycles. The lowest BCUT2D eigenvalue weighted by molar-refractivity contribution is -0.155. The van der Waals surface area contributed by atoms with Crippen molar-refractivity contribution >= 4 is 5.97 Å². The highest BCUT2D eigenvalue weighted by molar-refractivity contribution is 5.71. The first-order valence-electron chi connectivity index (χ1n) is 6.52. The maximum atomic E-state index is 13.4. The van der Waals surface area contributed by atoms with Crippen LogP contribution in [-0.4, -0.2) is 25.2 Å². The van der Waals surface area contributed by atoms with Crippen molar-refractivity contribution in [3.8, 4) is 5.75 Å². The highest BCUT2D eigenvalue weighted by Gasteiger charge is 2.23. The van der Waals surface area contributed by atoms with E-state index in [2.05, 4.69) is 0 Å². The second kappa shape index (κ2) is 6.70. The quantitative estimate of drug-likeness (QED) is 0.844. The van der Waals surface area contributed by atoms with Gasteiger partial charge < -0.3 is 15.2 Å². The van der Waals surface area contributed by atoms with E-state index >= 15 is 0 Å². The molecule has 1 rings (SSSR count). The maximum absolute atomic E-state index is 13.4. The van der Waals surface area contributed by atoms with Crippen molar-refractivity contribution in [2.75, 3.05) is 13.7 Å². The number of carbonyl (C=O) groups excluding carboxylic acids is 1. The Balaban J connectivity index is 2.91. The third-order valence-corrected chi connectivity index (χ3v) is 2.75. The Kier molecular flexibility index (Phi) is 5.51. The van der Waals surface area contributed by atoms with Crippen molar-refractivity contribution < 1.29 is 18.7 Å². The first-order chi connectivity index (χ1) is 9.26. The van der Waals surface area contributed by atoms with Crippen LogP contribution in [0.25, 0.3) is 0 Å². The van der Waals surface area contributed by atoms with E-state index in [1.54, 1.807) is 20.8 Å². The summed E-state index contributed by atoms with van der Waals surface area (Å²) in [7, 11) is 1.50. The first-order valence-corrected chi connectivity index (χ1v) is 6.52. The van der Waals surface area contributed by atoms with Crippen molar-refractivity contribution in [1.82, 2.24) is 0 Å². The molecule has 5 heteroatoms. The zero-order valence-electron chi connectivity index (χ0n) is 12.4. The van der Waals surface area contributed by atoms with Crippen LogP contribution in [0.15, 0.2) is 18.2 Å². The molecule has 0 aliphatic rings. The summed E-state index contributed by atoms with van der Waals surface area (Å²) < 4.78 is 23.8. The number of nitrogens with two attached hydrogens (primary N) is 1. The van der Waals surface area contributed by atoms with Crippen molar-refractivity contribution in [2.24, 2.45) is 5.73 Å². The minimum absolute atomic E-state index is 0.0909. The van der Waals surface area contributed by atoms with Gasteiger partial charge in [0.1, 0.15) is 17.2 Å². The molecule has 0 radical (unpaired) electrons. The van der Waals surface area contributed by atoms with Crippen molar-refractivity contribution in [1.29, 1.82) is 0 Å². The van der Waals surface area contributed by atoms with Gasteiger partial charge in [-0.1, -0.05) is 0 Å². The van der Waals surface area contributed by atoms with Gasteiger partial charge >= 0.3 is 5.97 Å². The number of rotatable bonds is 5. The minimum atomic E-state index is -0.553. The molecule has 2 N–H and O–H groups in total. The number of methoxy groups -OCH3 is 1. The van der Waals surface area contributed by atoms with Crippen LogP contribution in [0.5, 0.6) is 5.75 Å². The Bertz CT molecular complexity index is 469. The molecule has 0 heterocycles. The van der Waals surface area contributed by atoms with E-state index in [9.17, 15) is 9.18 Å². The summed E-state index contributed by atoms with van der Waals surface area (Å²) >= 11 is 0. The van der Waals surface area contributed by atoms with Gasteiger partial charge in [0, 0.05) is 11.5 Å². The molecule has 0 saturated carbocycles. The normalized spacial score (nSPS) is 12.9. The summed E-state index contributed by atoms with van der Waals surface area (Å²) in [6, 6.07) is 4.19. The fourth-order valence-electron chi connectivity index (χ4n) is 1.93. The van der Waals surface area contributed by atoms with E-state index in [0.29, 0.717) is 11.3 Å². The van der Waals surface area contributed by atoms with Gasteiger partial charge in [0.05, 0.1) is 13.5 Å². The second-order valence-corrected chi connectivity index (χ2v) is 5.61. The van der Waals surface area contributed by atoms with Crippen LogP contribution in [0, 0.1) is 5.82 Å². The molecule has 0 aromatic heterocycles. The molecule has 0 bridgehead atoms. The third kappa shape index (κ3) is 4.81. The summed E-state index contributed by atoms with van der Waals surface area (Å²) in [5, 5.41) is 0. The van der Waals surface area contributed by atoms with Crippen LogP contribution >= 0.6 is 0 Å². The fourth-order valence-corrected chi connectivity index (χ4v) is 1.93. The van der Waals surface area contributed by atoms with Crippen molar-refractivity contribution in [2.45, 2.75) is 38.7 Å². The van der Waals surface area contributed by atoms with E-state index < -0.39 is 5.60 Å². The number of hydrogen-bond donors (Lipinski definition) is 1. The summed E-state index contributed by atoms with van der Waals surface area (Å²) in [6.45, 7) is 5.60. The molecular formula is C15H22FNO3. The average Bonchev–Trinajstić information content (AvgIpc) is 2.33. The Hall–Kier alpha value is -1.62. The van der Waals surface area contributed by atoms with Gasteiger partial charge in [-0.25, -0.2) is 4.39 Å². The highest BCUT2D eigenvalue weighted by Crippen LogP contribution is 2.30. The Morgan fingerprint density at radius 3 is 2.55 bits per heavy atom. The van der Waals surface area contributed by atoms with Gasteiger partial charge in [-0.3, -0.25) is 4.79 Å². The van der Waals surface area contributed by atoms with Crippen LogP contribution in [0.2, 0.25) is 0 Å². The monoisotopic (exact) mass is 283 g/mol. The minimum Gasteiger partial charge on any atom is -0.496 e. The molecule has 1 aromatic rings. The smallest absolute Gasteiger partial charge is 0.306 e. The van der Waals surface area contributed by atoms with E-state index in [0.717, 1.165) is 0 Å². The van der Waals surface area contributed by atoms with Crippen molar-refractivity contribution in [3.05, 3.63) is 29.6 Å². The molecule has 0 aliphatic heterocycles. The molecule has 0 amide bonds. The number of carbonyl (C=O) groups is 1. The lowest BCUT2D eigenvalue weighted by atomic mass is 9.94. The van der Waals surface area contributed by atoms with E-state index in [-0.39, 0.29) is 30.7 Å². The number of hydrogen-bond acceptors (Lipinski definition) is 4. The van der Waals surface area contributed by atoms with Gasteiger partial charge in [-0.15, -0.1) is 0 Å². The number of halogens is 1. The number of esters is 1. The van der Waals surface area contributed by atoms with Crippen LogP contribution < -0.4 is 10.5 Å². The van der Waals surface area contributed by atoms with Crippen LogP contribution in [-0.2, 0) is 9.53 Å². The summed E-state index contributed by atoms with van der Waals surface area (Å²) in [4.78, 5) is 11.9. The molecule has 4 nitrogen and oxygen atoms in total. The molecule has 0 fully saturated rings. The van der Waals surface area contributed by atoms with Gasteiger partial charge in [0.25, 0.3) is 0 Å². The van der Waals surface area contributed by atoms with E-state index in [4.69, 9.17) is 15.2 Å². The third-order valence-electron chi connectivity index (χ3n) is 2.75. The molecule has 0 aliphatic carbocycles. The fraction of sp³-hybridized carbons (Fsp3) is 0.533. The lowest BCUT2D eigenvalue weighted by Gasteiger charge is -2.22. The van der Waals surface area contributed by atoms with Gasteiger partial charge in [0.2, 0.25) is 0 Å². The predicted octanol–water partition coefficient (Wildman–Crippen LogP) is 2.61. The van der Waals surface area contributed by atoms with Gasteiger partial charge in [-0.05, 0) is 45.5 Å². The summed E-state index contributed by atoms with van der Waals surface area (Å²) in [5.41, 5.74) is 5.74. The van der Waals surface area contributed by atoms with Crippen LogP contribution in [0.1, 0.15) is 38.7 Å². The molecule has 20 heavy (non-hydrogen) atoms. The maximum Gasteiger partial charge on any atom is 0.306 e. The zero-order chi connectivity index (χ0) is 15.3. The average molecular weight is 283 g/mol. The molecule has 0 spiro atoms. The molecule has 112 valence electrons. The molecule has 1 unspecified atom stereocenters. The number of benzene rings is 1. The standard InChI is InChI=1S/C15H22FNO3/c1-15(2,3)20-14(18)7-10(9-17)12-8-11(16)5-6-13(12)19-4/h5-6,8,10H,7,9,17H2,1-4H3. The molecular weight excluding hydrogens is 261 g/mol. The number of ether oxygens (including phenoxy) is 2. The van der Waals surface area contributed by atoms with E-state index in [1.165, 1.54) is 25.3 Å². The SMILES string of the molecule is COc1ccc(F)cc1C(CN)CC(=O)OC(C)(C)C. The Morgan fingerprint density at radius 2 is 2.05 bits per heavy atom. The summed E-state index contributed by atoms with van der Waals surface area (Å²) in [5.74, 6) is -0.566. The predicted molar refractivity (Wildman–Crippen MR) is 75.2 cm³/mol. The first kappa shape index (κ1) is 16.4. The Morgan fingerprint density at radius 1 is 1.40 bits per heavy atom. The molecule has 0 saturated heterocycles. The largest absolute Gasteiger partial charge is 0.496 e.